The van der Waals surface area contributed by atoms with Crippen molar-refractivity contribution in [1.82, 2.24) is 15.5 Å². The van der Waals surface area contributed by atoms with Gasteiger partial charge in [0.05, 0.1) is 11.1 Å². The van der Waals surface area contributed by atoms with Crippen LogP contribution in [0.5, 0.6) is 0 Å². The average Bonchev–Trinajstić information content (AvgIpc) is 3.12. The summed E-state index contributed by atoms with van der Waals surface area (Å²) >= 11 is 0. The lowest BCUT2D eigenvalue weighted by atomic mass is 9.96. The van der Waals surface area contributed by atoms with Gasteiger partial charge in [0, 0.05) is 11.8 Å². The van der Waals surface area contributed by atoms with E-state index in [-0.39, 0.29) is 17.2 Å². The van der Waals surface area contributed by atoms with Gasteiger partial charge in [-0.05, 0) is 26.0 Å². The molecule has 1 aromatic carbocycles. The van der Waals surface area contributed by atoms with Crippen molar-refractivity contribution in [3.63, 3.8) is 0 Å². The fourth-order valence-electron chi connectivity index (χ4n) is 2.81. The molecule has 1 fully saturated rings. The van der Waals surface area contributed by atoms with E-state index in [1.165, 1.54) is 0 Å². The summed E-state index contributed by atoms with van der Waals surface area (Å²) in [7, 11) is 0. The summed E-state index contributed by atoms with van der Waals surface area (Å²) in [4.78, 5) is 29.1. The van der Waals surface area contributed by atoms with Crippen molar-refractivity contribution < 1.29 is 18.8 Å². The Balaban J connectivity index is 1.87. The van der Waals surface area contributed by atoms with Crippen LogP contribution in [0.25, 0.3) is 11.5 Å². The Morgan fingerprint density at radius 3 is 2.54 bits per heavy atom. The summed E-state index contributed by atoms with van der Waals surface area (Å²) in [6, 6.07) is 6.28. The van der Waals surface area contributed by atoms with Gasteiger partial charge in [-0.1, -0.05) is 38.1 Å². The number of amides is 1. The SMILES string of the molecule is CC1(C)C[C@H](NC(=O)c2ccccc2-c2nc(C(C)(C)C)no2)C(=O)O1. The van der Waals surface area contributed by atoms with E-state index < -0.39 is 17.6 Å². The molecule has 7 heteroatoms. The second kappa shape index (κ2) is 6.23. The van der Waals surface area contributed by atoms with Crippen molar-refractivity contribution in [3.8, 4) is 11.5 Å². The maximum atomic E-state index is 12.7. The van der Waals surface area contributed by atoms with Gasteiger partial charge in [-0.15, -0.1) is 0 Å². The van der Waals surface area contributed by atoms with Crippen LogP contribution in [0.1, 0.15) is 57.2 Å². The van der Waals surface area contributed by atoms with E-state index in [4.69, 9.17) is 9.26 Å². The number of hydrogen-bond acceptors (Lipinski definition) is 6. The first-order valence-corrected chi connectivity index (χ1v) is 8.54. The van der Waals surface area contributed by atoms with Crippen LogP contribution in [0.2, 0.25) is 0 Å². The third-order valence-electron chi connectivity index (χ3n) is 4.16. The van der Waals surface area contributed by atoms with E-state index in [9.17, 15) is 9.59 Å². The molecule has 2 heterocycles. The minimum absolute atomic E-state index is 0.266. The average molecular weight is 357 g/mol. The molecule has 7 nitrogen and oxygen atoms in total. The second-order valence-corrected chi connectivity index (χ2v) is 8.13. The molecule has 1 atom stereocenters. The first-order valence-electron chi connectivity index (χ1n) is 8.54. The zero-order valence-corrected chi connectivity index (χ0v) is 15.6. The summed E-state index contributed by atoms with van der Waals surface area (Å²) < 4.78 is 10.6. The van der Waals surface area contributed by atoms with Crippen molar-refractivity contribution in [2.45, 2.75) is 58.1 Å². The quantitative estimate of drug-likeness (QED) is 0.849. The lowest BCUT2D eigenvalue weighted by molar-refractivity contribution is -0.147. The fourth-order valence-corrected chi connectivity index (χ4v) is 2.81. The lowest BCUT2D eigenvalue weighted by Crippen LogP contribution is -2.38. The molecule has 1 saturated heterocycles. The predicted molar refractivity (Wildman–Crippen MR) is 94.5 cm³/mol. The zero-order chi connectivity index (χ0) is 19.1. The number of carbonyl (C=O) groups is 2. The number of aromatic nitrogens is 2. The molecule has 2 aromatic rings. The van der Waals surface area contributed by atoms with Crippen LogP contribution >= 0.6 is 0 Å². The second-order valence-electron chi connectivity index (χ2n) is 8.13. The van der Waals surface area contributed by atoms with Crippen LogP contribution in [-0.4, -0.2) is 33.7 Å². The van der Waals surface area contributed by atoms with Gasteiger partial charge in [0.1, 0.15) is 11.6 Å². The Labute approximate surface area is 152 Å². The maximum Gasteiger partial charge on any atom is 0.329 e. The van der Waals surface area contributed by atoms with Gasteiger partial charge in [0.25, 0.3) is 11.8 Å². The molecule has 3 rings (SSSR count). The normalized spacial score (nSPS) is 19.3. The number of hydrogen-bond donors (Lipinski definition) is 1. The standard InChI is InChI=1S/C19H23N3O4/c1-18(2,3)17-21-15(26-22-17)12-9-7-6-8-11(12)14(23)20-13-10-19(4,5)25-16(13)24/h6-9,13H,10H2,1-5H3,(H,20,23)/t13-/m0/s1. The van der Waals surface area contributed by atoms with E-state index >= 15 is 0 Å². The van der Waals surface area contributed by atoms with Crippen LogP contribution in [0.3, 0.4) is 0 Å². The molecule has 26 heavy (non-hydrogen) atoms. The highest BCUT2D eigenvalue weighted by molar-refractivity contribution is 6.01. The molecular formula is C19H23N3O4. The van der Waals surface area contributed by atoms with Gasteiger partial charge in [0.15, 0.2) is 5.82 Å². The lowest BCUT2D eigenvalue weighted by Gasteiger charge is -2.14. The molecule has 1 aliphatic heterocycles. The monoisotopic (exact) mass is 357 g/mol. The molecule has 0 unspecified atom stereocenters. The summed E-state index contributed by atoms with van der Waals surface area (Å²) in [6.07, 6.45) is 0.425. The Kier molecular flexibility index (Phi) is 4.34. The molecule has 0 aliphatic carbocycles. The molecule has 0 bridgehead atoms. The smallest absolute Gasteiger partial charge is 0.329 e. The maximum absolute atomic E-state index is 12.7. The van der Waals surface area contributed by atoms with Gasteiger partial charge >= 0.3 is 5.97 Å². The first kappa shape index (κ1) is 18.1. The van der Waals surface area contributed by atoms with Crippen molar-refractivity contribution in [2.75, 3.05) is 0 Å². The van der Waals surface area contributed by atoms with Gasteiger partial charge < -0.3 is 14.6 Å². The van der Waals surface area contributed by atoms with Crippen LogP contribution in [0, 0.1) is 0 Å². The summed E-state index contributed by atoms with van der Waals surface area (Å²) in [5, 5.41) is 6.75. The number of carbonyl (C=O) groups excluding carboxylic acids is 2. The molecule has 0 spiro atoms. The Hall–Kier alpha value is -2.70. The largest absolute Gasteiger partial charge is 0.458 e. The third-order valence-corrected chi connectivity index (χ3v) is 4.16. The zero-order valence-electron chi connectivity index (χ0n) is 15.6. The van der Waals surface area contributed by atoms with E-state index in [1.54, 1.807) is 24.3 Å². The molecular weight excluding hydrogens is 334 g/mol. The fraction of sp³-hybridized carbons (Fsp3) is 0.474. The topological polar surface area (TPSA) is 94.3 Å². The van der Waals surface area contributed by atoms with Crippen LogP contribution in [0.4, 0.5) is 0 Å². The predicted octanol–water partition coefficient (Wildman–Crippen LogP) is 2.86. The highest BCUT2D eigenvalue weighted by Crippen LogP contribution is 2.28. The minimum atomic E-state index is -0.668. The van der Waals surface area contributed by atoms with Gasteiger partial charge in [-0.2, -0.15) is 4.98 Å². The van der Waals surface area contributed by atoms with Crippen molar-refractivity contribution in [3.05, 3.63) is 35.7 Å². The number of esters is 1. The molecule has 138 valence electrons. The number of ether oxygens (including phenoxy) is 1. The molecule has 1 aliphatic rings. The number of rotatable bonds is 3. The van der Waals surface area contributed by atoms with E-state index in [0.29, 0.717) is 23.4 Å². The molecule has 1 amide bonds. The Morgan fingerprint density at radius 2 is 1.96 bits per heavy atom. The van der Waals surface area contributed by atoms with Crippen LogP contribution in [0.15, 0.2) is 28.8 Å². The van der Waals surface area contributed by atoms with Gasteiger partial charge in [-0.3, -0.25) is 4.79 Å². The highest BCUT2D eigenvalue weighted by Gasteiger charge is 2.41. The number of nitrogens with zero attached hydrogens (tertiary/aromatic N) is 2. The minimum Gasteiger partial charge on any atom is -0.458 e. The molecule has 0 radical (unpaired) electrons. The summed E-state index contributed by atoms with van der Waals surface area (Å²) in [5.74, 6) is 0.0308. The summed E-state index contributed by atoms with van der Waals surface area (Å²) in [6.45, 7) is 9.57. The summed E-state index contributed by atoms with van der Waals surface area (Å²) in [5.41, 5.74) is 0.0496. The third kappa shape index (κ3) is 3.61. The van der Waals surface area contributed by atoms with E-state index in [1.807, 2.05) is 34.6 Å². The van der Waals surface area contributed by atoms with Gasteiger partial charge in [0.2, 0.25) is 0 Å². The Bertz CT molecular complexity index is 848. The first-order chi connectivity index (χ1) is 12.1. The van der Waals surface area contributed by atoms with E-state index in [2.05, 4.69) is 15.5 Å². The van der Waals surface area contributed by atoms with E-state index in [0.717, 1.165) is 0 Å². The van der Waals surface area contributed by atoms with Crippen molar-refractivity contribution >= 4 is 11.9 Å². The molecule has 1 N–H and O–H groups in total. The molecule has 0 saturated carbocycles. The number of nitrogens with one attached hydrogen (secondary N) is 1. The van der Waals surface area contributed by atoms with Crippen molar-refractivity contribution in [2.24, 2.45) is 0 Å². The number of cyclic esters (lactones) is 1. The Morgan fingerprint density at radius 1 is 1.27 bits per heavy atom. The van der Waals surface area contributed by atoms with Gasteiger partial charge in [-0.25, -0.2) is 4.79 Å². The highest BCUT2D eigenvalue weighted by atomic mass is 16.6. The number of benzene rings is 1. The van der Waals surface area contributed by atoms with Crippen LogP contribution < -0.4 is 5.32 Å². The molecule has 1 aromatic heterocycles. The van der Waals surface area contributed by atoms with Crippen LogP contribution in [-0.2, 0) is 14.9 Å². The van der Waals surface area contributed by atoms with Crippen molar-refractivity contribution in [1.29, 1.82) is 0 Å².